The minimum Gasteiger partial charge on any atom is -0.488 e. The summed E-state index contributed by atoms with van der Waals surface area (Å²) in [5.74, 6) is 1.12. The first-order valence-electron chi connectivity index (χ1n) is 11.2. The number of aromatic nitrogens is 2. The van der Waals surface area contributed by atoms with Gasteiger partial charge in [-0.15, -0.1) is 0 Å². The van der Waals surface area contributed by atoms with E-state index >= 15 is 0 Å². The van der Waals surface area contributed by atoms with Crippen molar-refractivity contribution in [3.63, 3.8) is 0 Å². The maximum atomic E-state index is 9.63. The second-order valence-electron chi connectivity index (χ2n) is 8.09. The van der Waals surface area contributed by atoms with Crippen LogP contribution < -0.4 is 20.3 Å². The summed E-state index contributed by atoms with van der Waals surface area (Å²) < 4.78 is 11.4. The molecule has 2 N–H and O–H groups in total. The second kappa shape index (κ2) is 9.86. The number of morpholine rings is 1. The zero-order chi connectivity index (χ0) is 22.5. The number of rotatable bonds is 6. The molecule has 0 radical (unpaired) electrons. The number of nitrogens with zero attached hydrogens (tertiary/aromatic N) is 4. The molecule has 1 atom stereocenters. The monoisotopic (exact) mass is 442 g/mol. The molecule has 0 aliphatic carbocycles. The van der Waals surface area contributed by atoms with Gasteiger partial charge in [-0.2, -0.15) is 5.26 Å². The average Bonchev–Trinajstić information content (AvgIpc) is 3.39. The summed E-state index contributed by atoms with van der Waals surface area (Å²) in [6.07, 6.45) is 2.77. The zero-order valence-corrected chi connectivity index (χ0v) is 18.3. The third-order valence-corrected chi connectivity index (χ3v) is 5.86. The van der Waals surface area contributed by atoms with E-state index in [9.17, 15) is 5.26 Å². The van der Waals surface area contributed by atoms with Crippen LogP contribution in [0.15, 0.2) is 54.7 Å². The summed E-state index contributed by atoms with van der Waals surface area (Å²) in [6.45, 7) is 5.09. The molecule has 8 nitrogen and oxygen atoms in total. The van der Waals surface area contributed by atoms with Gasteiger partial charge in [0.05, 0.1) is 24.5 Å². The highest BCUT2D eigenvalue weighted by Crippen LogP contribution is 2.28. The molecular weight excluding hydrogens is 416 g/mol. The molecule has 2 saturated heterocycles. The fourth-order valence-electron chi connectivity index (χ4n) is 4.07. The van der Waals surface area contributed by atoms with Gasteiger partial charge in [0.1, 0.15) is 17.9 Å². The first-order valence-corrected chi connectivity index (χ1v) is 11.2. The summed E-state index contributed by atoms with van der Waals surface area (Å²) in [6, 6.07) is 17.9. The van der Waals surface area contributed by atoms with E-state index in [1.807, 2.05) is 36.4 Å². The van der Waals surface area contributed by atoms with Crippen LogP contribution >= 0.6 is 0 Å². The van der Waals surface area contributed by atoms with Crippen LogP contribution in [0.1, 0.15) is 12.0 Å². The van der Waals surface area contributed by atoms with E-state index < -0.39 is 0 Å². The van der Waals surface area contributed by atoms with Crippen molar-refractivity contribution in [1.82, 2.24) is 15.3 Å². The Hall–Kier alpha value is -3.67. The maximum absolute atomic E-state index is 9.63. The van der Waals surface area contributed by atoms with Crippen LogP contribution in [-0.2, 0) is 4.74 Å². The van der Waals surface area contributed by atoms with E-state index in [1.54, 1.807) is 6.20 Å². The van der Waals surface area contributed by atoms with Crippen molar-refractivity contribution in [2.45, 2.75) is 12.5 Å². The Kier molecular flexibility index (Phi) is 6.33. The predicted molar refractivity (Wildman–Crippen MR) is 127 cm³/mol. The Balaban J connectivity index is 1.30. The molecule has 2 aromatic carbocycles. The fraction of sp³-hybridized carbons (Fsp3) is 0.320. The molecule has 5 rings (SSSR count). The highest BCUT2D eigenvalue weighted by molar-refractivity contribution is 5.66. The summed E-state index contributed by atoms with van der Waals surface area (Å²) >= 11 is 0. The Bertz CT molecular complexity index is 1130. The number of nitriles is 1. The largest absolute Gasteiger partial charge is 0.488 e. The minimum absolute atomic E-state index is 0.104. The molecule has 0 saturated carbocycles. The molecule has 2 aliphatic rings. The van der Waals surface area contributed by atoms with E-state index in [1.165, 1.54) is 5.69 Å². The molecule has 2 aliphatic heterocycles. The van der Waals surface area contributed by atoms with Crippen molar-refractivity contribution in [2.24, 2.45) is 0 Å². The molecule has 3 aromatic rings. The molecule has 8 heteroatoms. The first-order chi connectivity index (χ1) is 16.3. The standard InChI is InChI=1S/C25H26N6O2/c26-16-19-15-18(1-6-24(19)33-22-7-9-27-17-22)23-8-10-28-25(30-23)29-20-2-4-21(5-3-20)31-11-13-32-14-12-31/h1-6,8,10,15,22,27H,7,9,11-14,17H2,(H,28,29,30)/t22-/m1/s1. The lowest BCUT2D eigenvalue weighted by molar-refractivity contribution is 0.122. The van der Waals surface area contributed by atoms with Crippen LogP contribution in [0.5, 0.6) is 5.75 Å². The normalized spacial score (nSPS) is 18.0. The number of hydrogen-bond acceptors (Lipinski definition) is 8. The summed E-state index contributed by atoms with van der Waals surface area (Å²) in [5, 5.41) is 16.2. The summed E-state index contributed by atoms with van der Waals surface area (Å²) in [7, 11) is 0. The van der Waals surface area contributed by atoms with Gasteiger partial charge < -0.3 is 25.0 Å². The third kappa shape index (κ3) is 5.06. The van der Waals surface area contributed by atoms with Gasteiger partial charge in [0.2, 0.25) is 5.95 Å². The zero-order valence-electron chi connectivity index (χ0n) is 18.3. The fourth-order valence-corrected chi connectivity index (χ4v) is 4.07. The lowest BCUT2D eigenvalue weighted by Crippen LogP contribution is -2.36. The third-order valence-electron chi connectivity index (χ3n) is 5.86. The van der Waals surface area contributed by atoms with Crippen LogP contribution in [0, 0.1) is 11.3 Å². The maximum Gasteiger partial charge on any atom is 0.227 e. The average molecular weight is 443 g/mol. The van der Waals surface area contributed by atoms with Gasteiger partial charge in [-0.3, -0.25) is 0 Å². The topological polar surface area (TPSA) is 95.3 Å². The van der Waals surface area contributed by atoms with Crippen molar-refractivity contribution in [3.05, 3.63) is 60.3 Å². The van der Waals surface area contributed by atoms with Gasteiger partial charge in [-0.05, 0) is 61.5 Å². The van der Waals surface area contributed by atoms with Gasteiger partial charge in [0.15, 0.2) is 0 Å². The van der Waals surface area contributed by atoms with Crippen molar-refractivity contribution in [3.8, 4) is 23.1 Å². The van der Waals surface area contributed by atoms with Crippen molar-refractivity contribution >= 4 is 17.3 Å². The predicted octanol–water partition coefficient (Wildman–Crippen LogP) is 3.34. The highest BCUT2D eigenvalue weighted by atomic mass is 16.5. The number of hydrogen-bond donors (Lipinski definition) is 2. The van der Waals surface area contributed by atoms with Crippen LogP contribution in [-0.4, -0.2) is 55.5 Å². The first kappa shape index (κ1) is 21.2. The Morgan fingerprint density at radius 2 is 1.97 bits per heavy atom. The molecule has 0 spiro atoms. The van der Waals surface area contributed by atoms with Gasteiger partial charge >= 0.3 is 0 Å². The number of anilines is 3. The highest BCUT2D eigenvalue weighted by Gasteiger charge is 2.18. The quantitative estimate of drug-likeness (QED) is 0.600. The Morgan fingerprint density at radius 1 is 1.12 bits per heavy atom. The number of ether oxygens (including phenoxy) is 2. The van der Waals surface area contributed by atoms with Crippen LogP contribution in [0.4, 0.5) is 17.3 Å². The molecule has 3 heterocycles. The van der Waals surface area contributed by atoms with Gasteiger partial charge in [-0.1, -0.05) is 0 Å². The van der Waals surface area contributed by atoms with E-state index in [-0.39, 0.29) is 6.10 Å². The second-order valence-corrected chi connectivity index (χ2v) is 8.09. The molecule has 1 aromatic heterocycles. The molecule has 0 unspecified atom stereocenters. The van der Waals surface area contributed by atoms with Crippen LogP contribution in [0.3, 0.4) is 0 Å². The Morgan fingerprint density at radius 3 is 2.73 bits per heavy atom. The van der Waals surface area contributed by atoms with Crippen molar-refractivity contribution in [2.75, 3.05) is 49.6 Å². The van der Waals surface area contributed by atoms with E-state index in [0.29, 0.717) is 17.3 Å². The van der Waals surface area contributed by atoms with Gasteiger partial charge in [-0.25, -0.2) is 9.97 Å². The van der Waals surface area contributed by atoms with Crippen molar-refractivity contribution < 1.29 is 9.47 Å². The lowest BCUT2D eigenvalue weighted by atomic mass is 10.1. The molecular formula is C25H26N6O2. The Labute approximate surface area is 193 Å². The molecule has 33 heavy (non-hydrogen) atoms. The lowest BCUT2D eigenvalue weighted by Gasteiger charge is -2.28. The van der Waals surface area contributed by atoms with Crippen LogP contribution in [0.2, 0.25) is 0 Å². The molecule has 168 valence electrons. The van der Waals surface area contributed by atoms with E-state index in [2.05, 4.69) is 43.7 Å². The summed E-state index contributed by atoms with van der Waals surface area (Å²) in [5.41, 5.74) is 4.18. The van der Waals surface area contributed by atoms with Crippen molar-refractivity contribution in [1.29, 1.82) is 5.26 Å². The van der Waals surface area contributed by atoms with E-state index in [0.717, 1.165) is 62.8 Å². The SMILES string of the molecule is N#Cc1cc(-c2ccnc(Nc3ccc(N4CCOCC4)cc3)n2)ccc1O[C@@H]1CCNC1. The van der Waals surface area contributed by atoms with Gasteiger partial charge in [0, 0.05) is 42.8 Å². The number of benzene rings is 2. The molecule has 0 bridgehead atoms. The summed E-state index contributed by atoms with van der Waals surface area (Å²) in [4.78, 5) is 11.3. The van der Waals surface area contributed by atoms with E-state index in [4.69, 9.17) is 9.47 Å². The smallest absolute Gasteiger partial charge is 0.227 e. The molecule has 0 amide bonds. The molecule has 2 fully saturated rings. The minimum atomic E-state index is 0.104. The van der Waals surface area contributed by atoms with Gasteiger partial charge in [0.25, 0.3) is 0 Å². The number of nitrogens with one attached hydrogen (secondary N) is 2. The van der Waals surface area contributed by atoms with Crippen LogP contribution in [0.25, 0.3) is 11.3 Å².